The maximum atomic E-state index is 12.3. The number of carbonyl (C=O) groups excluding carboxylic acids is 1. The van der Waals surface area contributed by atoms with Gasteiger partial charge in [-0.25, -0.2) is 4.98 Å². The lowest BCUT2D eigenvalue weighted by Gasteiger charge is -2.26. The van der Waals surface area contributed by atoms with Crippen molar-refractivity contribution in [3.63, 3.8) is 0 Å². The molecule has 5 heteroatoms. The van der Waals surface area contributed by atoms with Crippen LogP contribution in [0.2, 0.25) is 0 Å². The molecule has 1 saturated carbocycles. The molecule has 3 atom stereocenters. The van der Waals surface area contributed by atoms with Crippen molar-refractivity contribution < 1.29 is 9.53 Å². The van der Waals surface area contributed by atoms with E-state index in [0.29, 0.717) is 17.8 Å². The minimum Gasteiger partial charge on any atom is -0.460 e. The van der Waals surface area contributed by atoms with E-state index in [1.165, 1.54) is 0 Å². The lowest BCUT2D eigenvalue weighted by molar-refractivity contribution is -0.159. The predicted molar refractivity (Wildman–Crippen MR) is 86.5 cm³/mol. The zero-order valence-electron chi connectivity index (χ0n) is 13.6. The van der Waals surface area contributed by atoms with Crippen molar-refractivity contribution in [1.82, 2.24) is 4.98 Å². The fourth-order valence-electron chi connectivity index (χ4n) is 3.73. The van der Waals surface area contributed by atoms with Crippen LogP contribution in [0.5, 0.6) is 0 Å². The second-order valence-electron chi connectivity index (χ2n) is 7.43. The largest absolute Gasteiger partial charge is 0.460 e. The smallest absolute Gasteiger partial charge is 0.309 e. The van der Waals surface area contributed by atoms with Crippen LogP contribution in [0.25, 0.3) is 0 Å². The summed E-state index contributed by atoms with van der Waals surface area (Å²) in [5.74, 6) is 1.99. The monoisotopic (exact) mass is 303 g/mol. The van der Waals surface area contributed by atoms with Crippen LogP contribution in [0, 0.1) is 11.8 Å². The van der Waals surface area contributed by atoms with E-state index in [9.17, 15) is 4.79 Å². The molecule has 0 amide bonds. The number of hydrogen-bond acceptors (Lipinski definition) is 5. The fourth-order valence-corrected chi connectivity index (χ4v) is 3.73. The van der Waals surface area contributed by atoms with Crippen LogP contribution in [-0.2, 0) is 9.53 Å². The molecule has 120 valence electrons. The minimum atomic E-state index is -0.413. The number of carbonyl (C=O) groups is 1. The Labute approximate surface area is 131 Å². The molecule has 1 aliphatic heterocycles. The normalized spacial score (nSPS) is 27.8. The Morgan fingerprint density at radius 3 is 2.82 bits per heavy atom. The van der Waals surface area contributed by atoms with E-state index in [2.05, 4.69) is 9.88 Å². The van der Waals surface area contributed by atoms with Crippen LogP contribution < -0.4 is 10.6 Å². The Kier molecular flexibility index (Phi) is 3.75. The number of nitrogen functional groups attached to an aromatic ring is 1. The second kappa shape index (κ2) is 5.45. The van der Waals surface area contributed by atoms with Gasteiger partial charge in [-0.05, 0) is 58.1 Å². The summed E-state index contributed by atoms with van der Waals surface area (Å²) in [5, 5.41) is 0. The third-order valence-corrected chi connectivity index (χ3v) is 4.59. The predicted octanol–water partition coefficient (Wildman–Crippen LogP) is 2.61. The Morgan fingerprint density at radius 1 is 1.36 bits per heavy atom. The van der Waals surface area contributed by atoms with Gasteiger partial charge in [0.15, 0.2) is 0 Å². The highest BCUT2D eigenvalue weighted by atomic mass is 16.6. The first-order chi connectivity index (χ1) is 10.3. The van der Waals surface area contributed by atoms with Crippen molar-refractivity contribution in [3.05, 3.63) is 18.2 Å². The standard InChI is InChI=1S/C17H25N3O2/c1-17(2,3)22-16(21)12-9-11-7-8-20(13(11)10-12)15-6-4-5-14(18)19-15/h4-6,11-13H,7-10H2,1-3H3,(H2,18,19)/t11-,12?,13+/m0/s1. The van der Waals surface area contributed by atoms with Crippen LogP contribution in [0.3, 0.4) is 0 Å². The first kappa shape index (κ1) is 15.1. The van der Waals surface area contributed by atoms with Gasteiger partial charge in [0.25, 0.3) is 0 Å². The Morgan fingerprint density at radius 2 is 2.14 bits per heavy atom. The topological polar surface area (TPSA) is 68.5 Å². The van der Waals surface area contributed by atoms with Gasteiger partial charge in [0.1, 0.15) is 17.2 Å². The summed E-state index contributed by atoms with van der Waals surface area (Å²) in [6.45, 7) is 6.75. The van der Waals surface area contributed by atoms with E-state index >= 15 is 0 Å². The second-order valence-corrected chi connectivity index (χ2v) is 7.43. The number of aromatic nitrogens is 1. The van der Waals surface area contributed by atoms with E-state index in [-0.39, 0.29) is 11.9 Å². The van der Waals surface area contributed by atoms with Gasteiger partial charge in [-0.1, -0.05) is 6.07 Å². The number of hydrogen-bond donors (Lipinski definition) is 1. The first-order valence-corrected chi connectivity index (χ1v) is 8.05. The zero-order valence-corrected chi connectivity index (χ0v) is 13.6. The molecule has 1 aromatic rings. The average Bonchev–Trinajstić information content (AvgIpc) is 2.95. The quantitative estimate of drug-likeness (QED) is 0.851. The number of anilines is 2. The first-order valence-electron chi connectivity index (χ1n) is 8.05. The highest BCUT2D eigenvalue weighted by Crippen LogP contribution is 2.43. The molecule has 0 radical (unpaired) electrons. The summed E-state index contributed by atoms with van der Waals surface area (Å²) in [6.07, 6.45) is 2.90. The van der Waals surface area contributed by atoms with E-state index in [0.717, 1.165) is 31.6 Å². The molecule has 0 bridgehead atoms. The summed E-state index contributed by atoms with van der Waals surface area (Å²) in [6, 6.07) is 6.12. The van der Waals surface area contributed by atoms with Gasteiger partial charge in [0.2, 0.25) is 0 Å². The van der Waals surface area contributed by atoms with Gasteiger partial charge in [-0.2, -0.15) is 0 Å². The Bertz CT molecular complexity index is 567. The lowest BCUT2D eigenvalue weighted by atomic mass is 10.0. The van der Waals surface area contributed by atoms with E-state index in [4.69, 9.17) is 10.5 Å². The van der Waals surface area contributed by atoms with Gasteiger partial charge >= 0.3 is 5.97 Å². The molecule has 1 unspecified atom stereocenters. The maximum Gasteiger partial charge on any atom is 0.309 e. The van der Waals surface area contributed by atoms with E-state index in [1.54, 1.807) is 6.07 Å². The van der Waals surface area contributed by atoms with Crippen LogP contribution in [0.4, 0.5) is 11.6 Å². The maximum absolute atomic E-state index is 12.3. The van der Waals surface area contributed by atoms with Crippen LogP contribution >= 0.6 is 0 Å². The summed E-state index contributed by atoms with van der Waals surface area (Å²) in [5.41, 5.74) is 5.38. The molecule has 0 aromatic carbocycles. The third-order valence-electron chi connectivity index (χ3n) is 4.59. The van der Waals surface area contributed by atoms with Crippen molar-refractivity contribution in [1.29, 1.82) is 0 Å². The Hall–Kier alpha value is -1.78. The summed E-state index contributed by atoms with van der Waals surface area (Å²) < 4.78 is 5.55. The van der Waals surface area contributed by atoms with Crippen molar-refractivity contribution in [2.75, 3.05) is 17.2 Å². The molecular weight excluding hydrogens is 278 g/mol. The molecular formula is C17H25N3O2. The molecule has 1 aliphatic carbocycles. The van der Waals surface area contributed by atoms with Crippen molar-refractivity contribution >= 4 is 17.6 Å². The number of pyridine rings is 1. The number of nitrogens with zero attached hydrogens (tertiary/aromatic N) is 2. The fraction of sp³-hybridized carbons (Fsp3) is 0.647. The van der Waals surface area contributed by atoms with Crippen molar-refractivity contribution in [2.24, 2.45) is 11.8 Å². The molecule has 2 N–H and O–H groups in total. The molecule has 3 rings (SSSR count). The zero-order chi connectivity index (χ0) is 15.9. The summed E-state index contributed by atoms with van der Waals surface area (Å²) in [7, 11) is 0. The van der Waals surface area contributed by atoms with E-state index < -0.39 is 5.60 Å². The number of ether oxygens (including phenoxy) is 1. The Balaban J connectivity index is 1.70. The van der Waals surface area contributed by atoms with Crippen LogP contribution in [0.1, 0.15) is 40.0 Å². The van der Waals surface area contributed by atoms with Gasteiger partial charge in [0.05, 0.1) is 5.92 Å². The van der Waals surface area contributed by atoms with Crippen LogP contribution in [0.15, 0.2) is 18.2 Å². The number of nitrogens with two attached hydrogens (primary N) is 1. The van der Waals surface area contributed by atoms with Crippen molar-refractivity contribution in [2.45, 2.75) is 51.7 Å². The number of esters is 1. The van der Waals surface area contributed by atoms with Gasteiger partial charge in [-0.15, -0.1) is 0 Å². The van der Waals surface area contributed by atoms with Gasteiger partial charge < -0.3 is 15.4 Å². The highest BCUT2D eigenvalue weighted by Gasteiger charge is 2.45. The lowest BCUT2D eigenvalue weighted by Crippen LogP contribution is -2.32. The average molecular weight is 303 g/mol. The summed E-state index contributed by atoms with van der Waals surface area (Å²) in [4.78, 5) is 19.1. The molecule has 0 spiro atoms. The van der Waals surface area contributed by atoms with Crippen LogP contribution in [-0.4, -0.2) is 29.1 Å². The summed E-state index contributed by atoms with van der Waals surface area (Å²) >= 11 is 0. The third kappa shape index (κ3) is 3.03. The minimum absolute atomic E-state index is 0.0121. The molecule has 2 aliphatic rings. The molecule has 2 heterocycles. The SMILES string of the molecule is CC(C)(C)OC(=O)C1C[C@@H]2CCN(c3cccc(N)n3)[C@@H]2C1. The highest BCUT2D eigenvalue weighted by molar-refractivity contribution is 5.73. The molecule has 1 saturated heterocycles. The van der Waals surface area contributed by atoms with Gasteiger partial charge in [0, 0.05) is 12.6 Å². The number of fused-ring (bicyclic) bond motifs is 1. The van der Waals surface area contributed by atoms with E-state index in [1.807, 2.05) is 32.9 Å². The van der Waals surface area contributed by atoms with Crippen molar-refractivity contribution in [3.8, 4) is 0 Å². The molecule has 2 fully saturated rings. The molecule has 1 aromatic heterocycles. The molecule has 5 nitrogen and oxygen atoms in total. The van der Waals surface area contributed by atoms with Gasteiger partial charge in [-0.3, -0.25) is 4.79 Å². The number of rotatable bonds is 2. The molecule has 22 heavy (non-hydrogen) atoms.